The number of rotatable bonds is 8. The van der Waals surface area contributed by atoms with Gasteiger partial charge in [-0.15, -0.1) is 4.90 Å². The minimum absolute atomic E-state index is 0.00980. The van der Waals surface area contributed by atoms with Gasteiger partial charge in [-0.3, -0.25) is 4.79 Å². The molecule has 3 rings (SSSR count). The second-order valence-corrected chi connectivity index (χ2v) is 7.81. The summed E-state index contributed by atoms with van der Waals surface area (Å²) in [5.74, 6) is -0.893. The third-order valence-electron chi connectivity index (χ3n) is 5.31. The highest BCUT2D eigenvalue weighted by Gasteiger charge is 2.45. The first kappa shape index (κ1) is 24.1. The van der Waals surface area contributed by atoms with Crippen LogP contribution in [0.5, 0.6) is 0 Å². The maximum Gasteiger partial charge on any atom is 0.503 e. The average molecular weight is 477 g/mol. The molecule has 2 aliphatic rings. The van der Waals surface area contributed by atoms with Gasteiger partial charge in [-0.05, 0) is 23.3 Å². The molecule has 32 heavy (non-hydrogen) atoms. The first-order valence-corrected chi connectivity index (χ1v) is 10.1. The smallest absolute Gasteiger partial charge is 0.382 e. The molecule has 0 radical (unpaired) electrons. The van der Waals surface area contributed by atoms with Crippen molar-refractivity contribution in [2.24, 2.45) is 0 Å². The molecule has 1 aromatic rings. The third kappa shape index (κ3) is 4.94. The first-order chi connectivity index (χ1) is 15.0. The Balaban J connectivity index is 1.60. The molecule has 0 aliphatic carbocycles. The van der Waals surface area contributed by atoms with Gasteiger partial charge in [0.05, 0.1) is 30.8 Å². The van der Waals surface area contributed by atoms with Crippen LogP contribution in [0, 0.1) is 0 Å². The lowest BCUT2D eigenvalue weighted by Crippen LogP contribution is -2.36. The Kier molecular flexibility index (Phi) is 7.21. The number of carbonyl (C=O) groups is 3. The number of urea groups is 1. The van der Waals surface area contributed by atoms with E-state index in [0.29, 0.717) is 17.7 Å². The van der Waals surface area contributed by atoms with Crippen molar-refractivity contribution < 1.29 is 41.6 Å². The minimum atomic E-state index is -4.58. The number of ether oxygens (including phenoxy) is 2. The Bertz CT molecular complexity index is 980. The van der Waals surface area contributed by atoms with Gasteiger partial charge in [0.15, 0.2) is 12.4 Å². The number of alkyl halides is 3. The van der Waals surface area contributed by atoms with E-state index in [-0.39, 0.29) is 50.9 Å². The van der Waals surface area contributed by atoms with Gasteiger partial charge in [-0.1, -0.05) is 11.6 Å². The summed E-state index contributed by atoms with van der Waals surface area (Å²) in [4.78, 5) is 39.8. The predicted molar refractivity (Wildman–Crippen MR) is 106 cm³/mol. The summed E-state index contributed by atoms with van der Waals surface area (Å²) in [7, 11) is 2.93. The SMILES string of the molecule is COCCOCN1C(=O)C(CCC(=O)N2Cc3cc(Cl)c(C(F)(F)F)cc3C2)=[N+](C)C1=O. The molecule has 2 aliphatic heterocycles. The fourth-order valence-electron chi connectivity index (χ4n) is 3.57. The van der Waals surface area contributed by atoms with Crippen LogP contribution in [0.25, 0.3) is 0 Å². The van der Waals surface area contributed by atoms with Crippen LogP contribution in [-0.4, -0.2) is 72.0 Å². The number of hydrogen-bond donors (Lipinski definition) is 0. The van der Waals surface area contributed by atoms with Gasteiger partial charge < -0.3 is 14.4 Å². The summed E-state index contributed by atoms with van der Waals surface area (Å²) in [5.41, 5.74) is 0.143. The summed E-state index contributed by atoms with van der Waals surface area (Å²) < 4.78 is 50.4. The molecule has 0 aromatic heterocycles. The molecule has 0 N–H and O–H groups in total. The number of halogens is 4. The molecule has 12 heteroatoms. The normalized spacial score (nSPS) is 16.4. The van der Waals surface area contributed by atoms with E-state index in [1.807, 2.05) is 0 Å². The van der Waals surface area contributed by atoms with Crippen molar-refractivity contribution in [2.45, 2.75) is 32.1 Å². The molecule has 174 valence electrons. The molecule has 0 spiro atoms. The molecule has 1 aromatic carbocycles. The Morgan fingerprint density at radius 3 is 2.47 bits per heavy atom. The number of fused-ring (bicyclic) bond motifs is 1. The van der Waals surface area contributed by atoms with Crippen molar-refractivity contribution in [3.05, 3.63) is 33.8 Å². The quantitative estimate of drug-likeness (QED) is 0.426. The Morgan fingerprint density at radius 1 is 1.19 bits per heavy atom. The van der Waals surface area contributed by atoms with Gasteiger partial charge in [0.1, 0.15) is 0 Å². The largest absolute Gasteiger partial charge is 0.503 e. The highest BCUT2D eigenvalue weighted by molar-refractivity contribution is 6.42. The van der Waals surface area contributed by atoms with Gasteiger partial charge in [0, 0.05) is 33.0 Å². The molecule has 0 saturated carbocycles. The van der Waals surface area contributed by atoms with Gasteiger partial charge in [-0.2, -0.15) is 22.5 Å². The maximum atomic E-state index is 13.1. The summed E-state index contributed by atoms with van der Waals surface area (Å²) in [5, 5.41) is -0.411. The predicted octanol–water partition coefficient (Wildman–Crippen LogP) is 2.65. The summed E-state index contributed by atoms with van der Waals surface area (Å²) >= 11 is 5.76. The van der Waals surface area contributed by atoms with E-state index in [1.165, 1.54) is 29.7 Å². The number of benzene rings is 1. The second kappa shape index (κ2) is 9.55. The Labute approximate surface area is 187 Å². The lowest BCUT2D eigenvalue weighted by molar-refractivity contribution is -0.394. The number of carbonyl (C=O) groups excluding carboxylic acids is 3. The molecule has 2 heterocycles. The topological polar surface area (TPSA) is 79.2 Å². The first-order valence-electron chi connectivity index (χ1n) is 9.73. The monoisotopic (exact) mass is 476 g/mol. The minimum Gasteiger partial charge on any atom is -0.382 e. The molecule has 8 nitrogen and oxygen atoms in total. The van der Waals surface area contributed by atoms with Crippen LogP contribution in [0.15, 0.2) is 12.1 Å². The van der Waals surface area contributed by atoms with E-state index in [9.17, 15) is 27.6 Å². The number of nitrogens with zero attached hydrogens (tertiary/aromatic N) is 3. The summed E-state index contributed by atoms with van der Waals surface area (Å²) in [6.07, 6.45) is -4.65. The molecule has 0 atom stereocenters. The molecule has 4 amide bonds. The molecule has 0 saturated heterocycles. The van der Waals surface area contributed by atoms with Crippen molar-refractivity contribution in [3.8, 4) is 0 Å². The number of hydrogen-bond acceptors (Lipinski definition) is 5. The van der Waals surface area contributed by atoms with Crippen LogP contribution in [0.3, 0.4) is 0 Å². The molecule has 0 bridgehead atoms. The van der Waals surface area contributed by atoms with Crippen LogP contribution in [0.4, 0.5) is 18.0 Å². The van der Waals surface area contributed by atoms with Crippen molar-refractivity contribution in [3.63, 3.8) is 0 Å². The van der Waals surface area contributed by atoms with Crippen LogP contribution in [0.1, 0.15) is 29.5 Å². The van der Waals surface area contributed by atoms with Crippen LogP contribution >= 0.6 is 11.6 Å². The van der Waals surface area contributed by atoms with E-state index in [2.05, 4.69) is 0 Å². The lowest BCUT2D eigenvalue weighted by Gasteiger charge is -2.14. The Morgan fingerprint density at radius 2 is 1.84 bits per heavy atom. The van der Waals surface area contributed by atoms with Gasteiger partial charge in [-0.25, -0.2) is 4.79 Å². The summed E-state index contributed by atoms with van der Waals surface area (Å²) in [6, 6.07) is 1.64. The van der Waals surface area contributed by atoms with E-state index < -0.39 is 28.7 Å². The van der Waals surface area contributed by atoms with Crippen LogP contribution in [0.2, 0.25) is 5.02 Å². The van der Waals surface area contributed by atoms with Crippen LogP contribution < -0.4 is 0 Å². The molecule has 0 unspecified atom stereocenters. The fourth-order valence-corrected chi connectivity index (χ4v) is 3.86. The Hall–Kier alpha value is -2.50. The standard InChI is InChI=1S/C20H22ClF3N3O5/c1-25-16(18(29)27(19(25)30)11-32-6-5-31-2)3-4-17(28)26-9-12-7-14(20(22,23)24)15(21)8-13(12)10-26/h7-8H,3-6,9-11H2,1-2H3/q+1. The van der Waals surface area contributed by atoms with Crippen molar-refractivity contribution in [1.82, 2.24) is 9.80 Å². The van der Waals surface area contributed by atoms with Crippen molar-refractivity contribution in [1.29, 1.82) is 0 Å². The van der Waals surface area contributed by atoms with Gasteiger partial charge in [0.25, 0.3) is 0 Å². The second-order valence-electron chi connectivity index (χ2n) is 7.40. The van der Waals surface area contributed by atoms with Crippen molar-refractivity contribution in [2.75, 3.05) is 34.1 Å². The number of methoxy groups -OCH3 is 1. The molecular formula is C20H22ClF3N3O5+. The van der Waals surface area contributed by atoms with Gasteiger partial charge in [0.2, 0.25) is 5.91 Å². The number of amides is 4. The number of imide groups is 1. The zero-order valence-electron chi connectivity index (χ0n) is 17.5. The van der Waals surface area contributed by atoms with E-state index in [4.69, 9.17) is 21.1 Å². The third-order valence-corrected chi connectivity index (χ3v) is 5.63. The van der Waals surface area contributed by atoms with E-state index >= 15 is 0 Å². The summed E-state index contributed by atoms with van der Waals surface area (Å²) in [6.45, 7) is 0.438. The van der Waals surface area contributed by atoms with Crippen molar-refractivity contribution >= 4 is 35.2 Å². The van der Waals surface area contributed by atoms with Crippen LogP contribution in [-0.2, 0) is 38.3 Å². The highest BCUT2D eigenvalue weighted by atomic mass is 35.5. The van der Waals surface area contributed by atoms with E-state index in [1.54, 1.807) is 0 Å². The fraction of sp³-hybridized carbons (Fsp3) is 0.500. The zero-order valence-corrected chi connectivity index (χ0v) is 18.3. The molecule has 0 fully saturated rings. The van der Waals surface area contributed by atoms with Gasteiger partial charge >= 0.3 is 18.1 Å². The average Bonchev–Trinajstić information content (AvgIpc) is 3.22. The maximum absolute atomic E-state index is 13.1. The highest BCUT2D eigenvalue weighted by Crippen LogP contribution is 2.38. The molecular weight excluding hydrogens is 455 g/mol. The zero-order chi connectivity index (χ0) is 23.6. The van der Waals surface area contributed by atoms with E-state index in [0.717, 1.165) is 11.0 Å². The lowest BCUT2D eigenvalue weighted by atomic mass is 10.1.